The molecule has 0 heterocycles. The number of rotatable bonds is 20. The Morgan fingerprint density at radius 3 is 1.19 bits per heavy atom. The molecule has 31 heavy (non-hydrogen) atoms. The highest BCUT2D eigenvalue weighted by Gasteiger charge is 2.03. The first-order valence-electron chi connectivity index (χ1n) is 12.0. The third kappa shape index (κ3) is 32.9. The van der Waals surface area contributed by atoms with E-state index in [1.807, 2.05) is 6.92 Å². The van der Waals surface area contributed by atoms with Crippen LogP contribution in [0, 0.1) is 0 Å². The number of Topliss-reactive ketones (excluding diaryl/α,β-unsaturated/α-hetero) is 1. The zero-order valence-corrected chi connectivity index (χ0v) is 19.8. The predicted molar refractivity (Wildman–Crippen MR) is 123 cm³/mol. The number of aliphatic carboxylic acids is 2. The maximum Gasteiger partial charge on any atom is 0.322 e. The second-order valence-electron chi connectivity index (χ2n) is 8.07. The number of carbonyl (C=O) groups excluding carboxylic acids is 2. The Hall–Kier alpha value is -1.92. The Kier molecular flexibility index (Phi) is 24.6. The molecule has 0 rings (SSSR count). The van der Waals surface area contributed by atoms with Gasteiger partial charge in [-0.3, -0.25) is 14.4 Å². The Balaban J connectivity index is 0. The predicted octanol–water partition coefficient (Wildman–Crippen LogP) is 5.50. The van der Waals surface area contributed by atoms with Gasteiger partial charge in [0.2, 0.25) is 5.91 Å². The lowest BCUT2D eigenvalue weighted by Crippen LogP contribution is -2.28. The monoisotopic (exact) mass is 443 g/mol. The van der Waals surface area contributed by atoms with Crippen LogP contribution >= 0.6 is 0 Å². The van der Waals surface area contributed by atoms with Gasteiger partial charge >= 0.3 is 11.9 Å². The fourth-order valence-corrected chi connectivity index (χ4v) is 2.95. The van der Waals surface area contributed by atoms with Gasteiger partial charge in [-0.25, -0.2) is 0 Å². The quantitative estimate of drug-likeness (QED) is 0.214. The van der Waals surface area contributed by atoms with E-state index < -0.39 is 11.9 Å². The van der Waals surface area contributed by atoms with Gasteiger partial charge in [0.25, 0.3) is 0 Å². The van der Waals surface area contributed by atoms with Gasteiger partial charge in [0.05, 0.1) is 0 Å². The molecule has 0 unspecified atom stereocenters. The van der Waals surface area contributed by atoms with Crippen molar-refractivity contribution in [3.63, 3.8) is 0 Å². The van der Waals surface area contributed by atoms with E-state index in [-0.39, 0.29) is 18.2 Å². The van der Waals surface area contributed by atoms with Gasteiger partial charge in [0.15, 0.2) is 0 Å². The third-order valence-electron chi connectivity index (χ3n) is 4.98. The van der Waals surface area contributed by atoms with Crippen molar-refractivity contribution < 1.29 is 29.4 Å². The van der Waals surface area contributed by atoms with E-state index in [0.717, 1.165) is 38.5 Å². The summed E-state index contributed by atoms with van der Waals surface area (Å²) in [7, 11) is 0. The SMILES string of the molecule is CCC(C)=O.O=C(O)CCCCCCCCCCCCCCCCC(=O)NCC(=O)O. The average molecular weight is 444 g/mol. The van der Waals surface area contributed by atoms with Gasteiger partial charge in [0, 0.05) is 19.3 Å². The number of carbonyl (C=O) groups is 4. The molecule has 182 valence electrons. The van der Waals surface area contributed by atoms with Gasteiger partial charge in [0.1, 0.15) is 12.3 Å². The molecule has 0 aliphatic heterocycles. The number of hydrogen-bond donors (Lipinski definition) is 3. The first-order valence-corrected chi connectivity index (χ1v) is 12.0. The highest BCUT2D eigenvalue weighted by molar-refractivity contribution is 5.80. The largest absolute Gasteiger partial charge is 0.481 e. The van der Waals surface area contributed by atoms with Crippen molar-refractivity contribution >= 4 is 23.6 Å². The molecule has 0 radical (unpaired) electrons. The Labute approximate surface area is 188 Å². The number of amides is 1. The zero-order chi connectivity index (χ0) is 23.7. The molecule has 0 spiro atoms. The van der Waals surface area contributed by atoms with Crippen LogP contribution in [0.5, 0.6) is 0 Å². The van der Waals surface area contributed by atoms with Crippen molar-refractivity contribution in [2.45, 2.75) is 123 Å². The number of carboxylic acid groups (broad SMARTS) is 2. The van der Waals surface area contributed by atoms with Gasteiger partial charge in [-0.2, -0.15) is 0 Å². The van der Waals surface area contributed by atoms with Crippen LogP contribution in [0.3, 0.4) is 0 Å². The molecular formula is C24H45NO6. The molecule has 0 saturated carbocycles. The summed E-state index contributed by atoms with van der Waals surface area (Å²) in [5.74, 6) is -1.61. The molecule has 0 atom stereocenters. The van der Waals surface area contributed by atoms with Gasteiger partial charge in [-0.15, -0.1) is 0 Å². The summed E-state index contributed by atoms with van der Waals surface area (Å²) < 4.78 is 0. The van der Waals surface area contributed by atoms with Crippen molar-refractivity contribution in [2.75, 3.05) is 6.54 Å². The number of hydrogen-bond acceptors (Lipinski definition) is 4. The van der Waals surface area contributed by atoms with Crippen LogP contribution in [0.25, 0.3) is 0 Å². The van der Waals surface area contributed by atoms with Crippen molar-refractivity contribution in [3.8, 4) is 0 Å². The summed E-state index contributed by atoms with van der Waals surface area (Å²) in [6.45, 7) is 3.14. The molecular weight excluding hydrogens is 398 g/mol. The van der Waals surface area contributed by atoms with E-state index in [2.05, 4.69) is 5.32 Å². The minimum Gasteiger partial charge on any atom is -0.481 e. The molecule has 0 saturated heterocycles. The smallest absolute Gasteiger partial charge is 0.322 e. The minimum absolute atomic E-state index is 0.172. The number of nitrogens with one attached hydrogen (secondary N) is 1. The lowest BCUT2D eigenvalue weighted by atomic mass is 10.0. The van der Waals surface area contributed by atoms with E-state index in [4.69, 9.17) is 10.2 Å². The summed E-state index contributed by atoms with van der Waals surface area (Å²) in [5, 5.41) is 19.4. The van der Waals surface area contributed by atoms with E-state index in [0.29, 0.717) is 19.3 Å². The summed E-state index contributed by atoms with van der Waals surface area (Å²) in [6.07, 6.45) is 17.5. The van der Waals surface area contributed by atoms with E-state index in [9.17, 15) is 19.2 Å². The van der Waals surface area contributed by atoms with E-state index in [1.54, 1.807) is 6.92 Å². The van der Waals surface area contributed by atoms with Crippen LogP contribution in [-0.4, -0.2) is 40.4 Å². The molecule has 0 aromatic carbocycles. The lowest BCUT2D eigenvalue weighted by Gasteiger charge is -2.04. The van der Waals surface area contributed by atoms with E-state index >= 15 is 0 Å². The normalized spacial score (nSPS) is 10.1. The van der Waals surface area contributed by atoms with Crippen LogP contribution in [0.2, 0.25) is 0 Å². The lowest BCUT2D eigenvalue weighted by molar-refractivity contribution is -0.138. The first kappa shape index (κ1) is 31.3. The molecule has 0 bridgehead atoms. The number of ketones is 1. The second-order valence-corrected chi connectivity index (χ2v) is 8.07. The van der Waals surface area contributed by atoms with Crippen LogP contribution < -0.4 is 5.32 Å². The van der Waals surface area contributed by atoms with Gasteiger partial charge in [-0.05, 0) is 19.8 Å². The molecule has 7 heteroatoms. The second kappa shape index (κ2) is 24.4. The summed E-state index contributed by atoms with van der Waals surface area (Å²) >= 11 is 0. The van der Waals surface area contributed by atoms with Crippen LogP contribution in [0.4, 0.5) is 0 Å². The molecule has 0 aliphatic rings. The van der Waals surface area contributed by atoms with E-state index in [1.165, 1.54) is 51.4 Å². The van der Waals surface area contributed by atoms with Crippen molar-refractivity contribution in [1.82, 2.24) is 5.32 Å². The molecule has 0 aliphatic carbocycles. The maximum atomic E-state index is 11.3. The highest BCUT2D eigenvalue weighted by atomic mass is 16.4. The summed E-state index contributed by atoms with van der Waals surface area (Å²) in [4.78, 5) is 41.8. The van der Waals surface area contributed by atoms with Crippen LogP contribution in [0.1, 0.15) is 123 Å². The Morgan fingerprint density at radius 1 is 0.581 bits per heavy atom. The van der Waals surface area contributed by atoms with Gasteiger partial charge in [-0.1, -0.05) is 84.0 Å². The summed E-state index contributed by atoms with van der Waals surface area (Å²) in [6, 6.07) is 0. The zero-order valence-electron chi connectivity index (χ0n) is 19.8. The molecule has 0 aromatic heterocycles. The van der Waals surface area contributed by atoms with Crippen molar-refractivity contribution in [1.29, 1.82) is 0 Å². The van der Waals surface area contributed by atoms with Gasteiger partial charge < -0.3 is 20.3 Å². The first-order chi connectivity index (χ1) is 14.8. The minimum atomic E-state index is -1.01. The molecule has 0 aromatic rings. The van der Waals surface area contributed by atoms with Crippen molar-refractivity contribution in [2.24, 2.45) is 0 Å². The topological polar surface area (TPSA) is 121 Å². The number of unbranched alkanes of at least 4 members (excludes halogenated alkanes) is 13. The Bertz CT molecular complexity index is 479. The standard InChI is InChI=1S/C20H37NO5.C4H8O/c22-18(21-17-20(25)26)15-13-11-9-7-5-3-1-2-4-6-8-10-12-14-16-19(23)24;1-3-4(2)5/h1-17H2,(H,21,22)(H,23,24)(H,25,26);3H2,1-2H3. The average Bonchev–Trinajstić information content (AvgIpc) is 2.72. The molecule has 3 N–H and O–H groups in total. The molecule has 0 fully saturated rings. The maximum absolute atomic E-state index is 11.3. The summed E-state index contributed by atoms with van der Waals surface area (Å²) in [5.41, 5.74) is 0. The van der Waals surface area contributed by atoms with Crippen LogP contribution in [-0.2, 0) is 19.2 Å². The van der Waals surface area contributed by atoms with Crippen molar-refractivity contribution in [3.05, 3.63) is 0 Å². The van der Waals surface area contributed by atoms with Crippen LogP contribution in [0.15, 0.2) is 0 Å². The number of carboxylic acids is 2. The Morgan fingerprint density at radius 2 is 0.903 bits per heavy atom. The third-order valence-corrected chi connectivity index (χ3v) is 4.98. The fourth-order valence-electron chi connectivity index (χ4n) is 2.95. The molecule has 7 nitrogen and oxygen atoms in total. The molecule has 1 amide bonds. The highest BCUT2D eigenvalue weighted by Crippen LogP contribution is 2.13. The fraction of sp³-hybridized carbons (Fsp3) is 0.833.